The fourth-order valence-corrected chi connectivity index (χ4v) is 2.22. The molecule has 0 radical (unpaired) electrons. The molecule has 0 bridgehead atoms. The van der Waals surface area contributed by atoms with Gasteiger partial charge in [-0.1, -0.05) is 31.5 Å². The molecule has 0 saturated heterocycles. The van der Waals surface area contributed by atoms with Crippen LogP contribution in [0.5, 0.6) is 11.5 Å². The summed E-state index contributed by atoms with van der Waals surface area (Å²) in [5.41, 5.74) is 1.53. The van der Waals surface area contributed by atoms with Crippen molar-refractivity contribution in [3.8, 4) is 17.6 Å². The normalized spacial score (nSPS) is 9.96. The smallest absolute Gasteiger partial charge is 0.338 e. The molecule has 2 aromatic carbocycles. The Balaban J connectivity index is 2.05. The number of rotatable bonds is 8. The van der Waals surface area contributed by atoms with Gasteiger partial charge < -0.3 is 14.2 Å². The number of carbonyl (C=O) groups is 1. The van der Waals surface area contributed by atoms with E-state index in [4.69, 9.17) is 19.5 Å². The summed E-state index contributed by atoms with van der Waals surface area (Å²) in [4.78, 5) is 12.3. The fourth-order valence-electron chi connectivity index (χ4n) is 2.22. The van der Waals surface area contributed by atoms with Crippen LogP contribution in [0, 0.1) is 11.3 Å². The van der Waals surface area contributed by atoms with Crippen molar-refractivity contribution >= 4 is 5.97 Å². The van der Waals surface area contributed by atoms with E-state index in [1.165, 1.54) is 7.11 Å². The van der Waals surface area contributed by atoms with Gasteiger partial charge in [-0.05, 0) is 30.7 Å². The van der Waals surface area contributed by atoms with Gasteiger partial charge in [-0.15, -0.1) is 0 Å². The zero-order chi connectivity index (χ0) is 18.1. The summed E-state index contributed by atoms with van der Waals surface area (Å²) < 4.78 is 16.2. The average Bonchev–Trinajstić information content (AvgIpc) is 2.66. The molecule has 0 aromatic heterocycles. The zero-order valence-corrected chi connectivity index (χ0v) is 14.5. The molecule has 5 nitrogen and oxygen atoms in total. The number of hydrogen-bond donors (Lipinski definition) is 0. The van der Waals surface area contributed by atoms with Crippen LogP contribution in [0.25, 0.3) is 0 Å². The lowest BCUT2D eigenvalue weighted by Crippen LogP contribution is -2.07. The summed E-state index contributed by atoms with van der Waals surface area (Å²) in [6.45, 7) is 2.73. The topological polar surface area (TPSA) is 68.5 Å². The van der Waals surface area contributed by atoms with E-state index in [0.717, 1.165) is 12.8 Å². The van der Waals surface area contributed by atoms with Gasteiger partial charge in [0.05, 0.1) is 30.9 Å². The quantitative estimate of drug-likeness (QED) is 0.535. The molecule has 2 rings (SSSR count). The number of hydrogen-bond acceptors (Lipinski definition) is 5. The second kappa shape index (κ2) is 9.33. The Labute approximate surface area is 147 Å². The summed E-state index contributed by atoms with van der Waals surface area (Å²) in [6, 6.07) is 14.0. The second-order valence-corrected chi connectivity index (χ2v) is 5.41. The van der Waals surface area contributed by atoms with Crippen LogP contribution >= 0.6 is 0 Å². The maximum absolute atomic E-state index is 12.3. The first kappa shape index (κ1) is 18.3. The van der Waals surface area contributed by atoms with Crippen molar-refractivity contribution in [2.45, 2.75) is 26.4 Å². The highest BCUT2D eigenvalue weighted by molar-refractivity contribution is 5.90. The number of nitriles is 1. The standard InChI is InChI=1S/C20H21NO4/c1-3-4-11-24-18-10-9-15(12-19(18)23-2)20(22)25-14-17-8-6-5-7-16(17)13-21/h5-10,12H,3-4,11,14H2,1-2H3. The molecule has 5 heteroatoms. The Kier molecular flexibility index (Phi) is 6.85. The Hall–Kier alpha value is -3.00. The number of carbonyl (C=O) groups excluding carboxylic acids is 1. The van der Waals surface area contributed by atoms with Crippen LogP contribution in [0.2, 0.25) is 0 Å². The predicted molar refractivity (Wildman–Crippen MR) is 93.7 cm³/mol. The van der Waals surface area contributed by atoms with Crippen molar-refractivity contribution < 1.29 is 19.0 Å². The minimum absolute atomic E-state index is 0.0413. The van der Waals surface area contributed by atoms with E-state index in [1.54, 1.807) is 42.5 Å². The third-order valence-electron chi connectivity index (χ3n) is 3.65. The van der Waals surface area contributed by atoms with E-state index in [1.807, 2.05) is 0 Å². The first-order chi connectivity index (χ1) is 12.2. The number of benzene rings is 2. The minimum atomic E-state index is -0.480. The van der Waals surface area contributed by atoms with Gasteiger partial charge in [0.2, 0.25) is 0 Å². The van der Waals surface area contributed by atoms with E-state index in [-0.39, 0.29) is 6.61 Å². The van der Waals surface area contributed by atoms with Crippen molar-refractivity contribution in [1.29, 1.82) is 5.26 Å². The molecular formula is C20H21NO4. The highest BCUT2D eigenvalue weighted by Crippen LogP contribution is 2.28. The number of esters is 1. The van der Waals surface area contributed by atoms with E-state index >= 15 is 0 Å². The maximum Gasteiger partial charge on any atom is 0.338 e. The van der Waals surface area contributed by atoms with Gasteiger partial charge in [0.15, 0.2) is 11.5 Å². The van der Waals surface area contributed by atoms with Crippen LogP contribution in [-0.2, 0) is 11.3 Å². The fraction of sp³-hybridized carbons (Fsp3) is 0.300. The SMILES string of the molecule is CCCCOc1ccc(C(=O)OCc2ccccc2C#N)cc1OC. The molecule has 0 N–H and O–H groups in total. The largest absolute Gasteiger partial charge is 0.493 e. The van der Waals surface area contributed by atoms with Crippen molar-refractivity contribution in [3.05, 3.63) is 59.2 Å². The molecule has 0 unspecified atom stereocenters. The van der Waals surface area contributed by atoms with Crippen LogP contribution in [0.4, 0.5) is 0 Å². The second-order valence-electron chi connectivity index (χ2n) is 5.41. The highest BCUT2D eigenvalue weighted by Gasteiger charge is 2.13. The molecule has 2 aromatic rings. The molecule has 0 atom stereocenters. The molecule has 0 aliphatic rings. The monoisotopic (exact) mass is 339 g/mol. The van der Waals surface area contributed by atoms with Gasteiger partial charge in [0, 0.05) is 5.56 Å². The molecule has 0 fully saturated rings. The molecule has 0 amide bonds. The number of nitrogens with zero attached hydrogens (tertiary/aromatic N) is 1. The highest BCUT2D eigenvalue weighted by atomic mass is 16.5. The predicted octanol–water partition coefficient (Wildman–Crippen LogP) is 4.10. The van der Waals surface area contributed by atoms with Crippen molar-refractivity contribution in [3.63, 3.8) is 0 Å². The van der Waals surface area contributed by atoms with Gasteiger partial charge in [0.25, 0.3) is 0 Å². The van der Waals surface area contributed by atoms with E-state index in [9.17, 15) is 4.79 Å². The lowest BCUT2D eigenvalue weighted by atomic mass is 10.1. The minimum Gasteiger partial charge on any atom is -0.493 e. The summed E-state index contributed by atoms with van der Waals surface area (Å²) in [6.07, 6.45) is 1.99. The molecule has 0 saturated carbocycles. The molecule has 25 heavy (non-hydrogen) atoms. The van der Waals surface area contributed by atoms with Gasteiger partial charge in [-0.3, -0.25) is 0 Å². The number of unbranched alkanes of at least 4 members (excludes halogenated alkanes) is 1. The van der Waals surface area contributed by atoms with Crippen molar-refractivity contribution in [2.75, 3.05) is 13.7 Å². The molecule has 0 heterocycles. The third-order valence-corrected chi connectivity index (χ3v) is 3.65. The Morgan fingerprint density at radius 2 is 1.96 bits per heavy atom. The molecule has 130 valence electrons. The summed E-state index contributed by atoms with van der Waals surface area (Å²) >= 11 is 0. The van der Waals surface area contributed by atoms with Crippen LogP contribution in [0.3, 0.4) is 0 Å². The van der Waals surface area contributed by atoms with Gasteiger partial charge in [0.1, 0.15) is 6.61 Å². The lowest BCUT2D eigenvalue weighted by molar-refractivity contribution is 0.0472. The summed E-state index contributed by atoms with van der Waals surface area (Å²) in [7, 11) is 1.53. The van der Waals surface area contributed by atoms with Crippen molar-refractivity contribution in [2.24, 2.45) is 0 Å². The van der Waals surface area contributed by atoms with Gasteiger partial charge in [-0.25, -0.2) is 4.79 Å². The molecule has 0 aliphatic heterocycles. The van der Waals surface area contributed by atoms with E-state index < -0.39 is 5.97 Å². The van der Waals surface area contributed by atoms with Crippen LogP contribution < -0.4 is 9.47 Å². The summed E-state index contributed by atoms with van der Waals surface area (Å²) in [5, 5.41) is 9.07. The molecular weight excluding hydrogens is 318 g/mol. The average molecular weight is 339 g/mol. The molecule has 0 spiro atoms. The third kappa shape index (κ3) is 4.98. The first-order valence-electron chi connectivity index (χ1n) is 8.15. The van der Waals surface area contributed by atoms with Crippen molar-refractivity contribution in [1.82, 2.24) is 0 Å². The number of methoxy groups -OCH3 is 1. The first-order valence-corrected chi connectivity index (χ1v) is 8.15. The Morgan fingerprint density at radius 1 is 1.16 bits per heavy atom. The lowest BCUT2D eigenvalue weighted by Gasteiger charge is -2.12. The number of ether oxygens (including phenoxy) is 3. The van der Waals surface area contributed by atoms with Crippen LogP contribution in [0.1, 0.15) is 41.3 Å². The van der Waals surface area contributed by atoms with Gasteiger partial charge >= 0.3 is 5.97 Å². The summed E-state index contributed by atoms with van der Waals surface area (Å²) in [5.74, 6) is 0.608. The Bertz CT molecular complexity index is 765. The van der Waals surface area contributed by atoms with E-state index in [0.29, 0.717) is 34.8 Å². The van der Waals surface area contributed by atoms with Crippen LogP contribution in [-0.4, -0.2) is 19.7 Å². The maximum atomic E-state index is 12.3. The van der Waals surface area contributed by atoms with Crippen LogP contribution in [0.15, 0.2) is 42.5 Å². The zero-order valence-electron chi connectivity index (χ0n) is 14.5. The van der Waals surface area contributed by atoms with Gasteiger partial charge in [-0.2, -0.15) is 5.26 Å². The molecule has 0 aliphatic carbocycles. The Morgan fingerprint density at radius 3 is 2.68 bits per heavy atom. The van der Waals surface area contributed by atoms with E-state index in [2.05, 4.69) is 13.0 Å².